The second-order valence-corrected chi connectivity index (χ2v) is 6.51. The fourth-order valence-corrected chi connectivity index (χ4v) is 3.20. The Balaban J connectivity index is 1.75. The lowest BCUT2D eigenvalue weighted by molar-refractivity contribution is 0.0601. The minimum atomic E-state index is -0.395. The predicted molar refractivity (Wildman–Crippen MR) is 109 cm³/mol. The summed E-state index contributed by atoms with van der Waals surface area (Å²) in [6.07, 6.45) is 1.60. The van der Waals surface area contributed by atoms with E-state index in [2.05, 4.69) is 21.1 Å². The third kappa shape index (κ3) is 4.37. The molecule has 0 saturated carbocycles. The van der Waals surface area contributed by atoms with Crippen molar-refractivity contribution < 1.29 is 14.3 Å². The highest BCUT2D eigenvalue weighted by atomic mass is 32.1. The summed E-state index contributed by atoms with van der Waals surface area (Å²) in [5.41, 5.74) is 3.37. The standard InChI is InChI=1S/C21H17N3O3S/c1-26-18-9-5-14(6-10-18)19-13-28-20(24-19)16(11-22)12-23-17-7-3-15(4-8-17)21(25)27-2/h3-10,12-13,23H,1-2H3. The number of carbonyl (C=O) groups excluding carboxylic acids is 1. The average molecular weight is 391 g/mol. The monoisotopic (exact) mass is 391 g/mol. The zero-order chi connectivity index (χ0) is 19.9. The second-order valence-electron chi connectivity index (χ2n) is 5.65. The summed E-state index contributed by atoms with van der Waals surface area (Å²) < 4.78 is 9.84. The van der Waals surface area contributed by atoms with Crippen LogP contribution >= 0.6 is 11.3 Å². The van der Waals surface area contributed by atoms with Gasteiger partial charge < -0.3 is 14.8 Å². The van der Waals surface area contributed by atoms with Crippen molar-refractivity contribution >= 4 is 28.6 Å². The first-order chi connectivity index (χ1) is 13.6. The molecule has 140 valence electrons. The Morgan fingerprint density at radius 1 is 1.14 bits per heavy atom. The van der Waals surface area contributed by atoms with Gasteiger partial charge in [-0.05, 0) is 48.5 Å². The van der Waals surface area contributed by atoms with Gasteiger partial charge in [-0.3, -0.25) is 0 Å². The van der Waals surface area contributed by atoms with Crippen molar-refractivity contribution in [2.24, 2.45) is 0 Å². The number of nitrogens with one attached hydrogen (secondary N) is 1. The van der Waals surface area contributed by atoms with Crippen LogP contribution in [0.15, 0.2) is 60.1 Å². The third-order valence-electron chi connectivity index (χ3n) is 3.93. The summed E-state index contributed by atoms with van der Waals surface area (Å²) >= 11 is 1.40. The lowest BCUT2D eigenvalue weighted by atomic mass is 10.2. The number of methoxy groups -OCH3 is 2. The van der Waals surface area contributed by atoms with Gasteiger partial charge in [-0.2, -0.15) is 5.26 Å². The van der Waals surface area contributed by atoms with Crippen LogP contribution in [0.4, 0.5) is 5.69 Å². The smallest absolute Gasteiger partial charge is 0.337 e. The van der Waals surface area contributed by atoms with Gasteiger partial charge in [0.2, 0.25) is 0 Å². The Hall–Kier alpha value is -3.63. The third-order valence-corrected chi connectivity index (χ3v) is 4.81. The van der Waals surface area contributed by atoms with E-state index in [9.17, 15) is 10.1 Å². The van der Waals surface area contributed by atoms with Crippen LogP contribution in [0.3, 0.4) is 0 Å². The minimum absolute atomic E-state index is 0.395. The quantitative estimate of drug-likeness (QED) is 0.489. The van der Waals surface area contributed by atoms with Gasteiger partial charge in [-0.15, -0.1) is 11.3 Å². The highest BCUT2D eigenvalue weighted by Gasteiger charge is 2.09. The molecule has 0 aliphatic heterocycles. The molecular weight excluding hydrogens is 374 g/mol. The number of nitrogens with zero attached hydrogens (tertiary/aromatic N) is 2. The van der Waals surface area contributed by atoms with Crippen LogP contribution in [-0.4, -0.2) is 25.2 Å². The van der Waals surface area contributed by atoms with Crippen molar-refractivity contribution in [3.63, 3.8) is 0 Å². The maximum absolute atomic E-state index is 11.5. The molecule has 1 N–H and O–H groups in total. The molecule has 2 aromatic carbocycles. The topological polar surface area (TPSA) is 84.2 Å². The zero-order valence-electron chi connectivity index (χ0n) is 15.3. The van der Waals surface area contributed by atoms with Gasteiger partial charge in [-0.1, -0.05) is 0 Å². The summed E-state index contributed by atoms with van der Waals surface area (Å²) in [6.45, 7) is 0. The van der Waals surface area contributed by atoms with Crippen molar-refractivity contribution in [2.75, 3.05) is 19.5 Å². The van der Waals surface area contributed by atoms with Gasteiger partial charge in [0.25, 0.3) is 0 Å². The maximum Gasteiger partial charge on any atom is 0.337 e. The molecule has 1 heterocycles. The van der Waals surface area contributed by atoms with E-state index < -0.39 is 5.97 Å². The van der Waals surface area contributed by atoms with Crippen LogP contribution in [0.1, 0.15) is 15.4 Å². The SMILES string of the molecule is COC(=O)c1ccc(NC=C(C#N)c2nc(-c3ccc(OC)cc3)cs2)cc1. The Morgan fingerprint density at radius 3 is 2.46 bits per heavy atom. The number of aromatic nitrogens is 1. The molecule has 0 bridgehead atoms. The van der Waals surface area contributed by atoms with Crippen molar-refractivity contribution in [1.29, 1.82) is 5.26 Å². The summed E-state index contributed by atoms with van der Waals surface area (Å²) in [5.74, 6) is 0.382. The molecule has 0 amide bonds. The minimum Gasteiger partial charge on any atom is -0.497 e. The molecule has 3 rings (SSSR count). The molecule has 0 fully saturated rings. The maximum atomic E-state index is 11.5. The van der Waals surface area contributed by atoms with E-state index in [4.69, 9.17) is 4.74 Å². The number of nitriles is 1. The van der Waals surface area contributed by atoms with Crippen molar-refractivity contribution in [3.8, 4) is 23.1 Å². The van der Waals surface area contributed by atoms with E-state index in [-0.39, 0.29) is 0 Å². The number of hydrogen-bond donors (Lipinski definition) is 1. The first-order valence-electron chi connectivity index (χ1n) is 8.30. The number of benzene rings is 2. The summed E-state index contributed by atoms with van der Waals surface area (Å²) in [6, 6.07) is 16.5. The molecule has 0 aliphatic rings. The first kappa shape index (κ1) is 19.1. The molecular formula is C21H17N3O3S. The summed E-state index contributed by atoms with van der Waals surface area (Å²) in [5, 5.41) is 15.1. The van der Waals surface area contributed by atoms with Crippen LogP contribution in [0.25, 0.3) is 16.8 Å². The largest absolute Gasteiger partial charge is 0.497 e. The van der Waals surface area contributed by atoms with Gasteiger partial charge in [-0.25, -0.2) is 9.78 Å². The molecule has 3 aromatic rings. The number of ether oxygens (including phenoxy) is 2. The van der Waals surface area contributed by atoms with Gasteiger partial charge in [0, 0.05) is 22.8 Å². The predicted octanol–water partition coefficient (Wildman–Crippen LogP) is 4.58. The van der Waals surface area contributed by atoms with Gasteiger partial charge in [0.05, 0.1) is 25.5 Å². The number of rotatable bonds is 6. The number of esters is 1. The first-order valence-corrected chi connectivity index (χ1v) is 9.18. The van der Waals surface area contributed by atoms with Crippen LogP contribution < -0.4 is 10.1 Å². The van der Waals surface area contributed by atoms with Gasteiger partial charge in [0.1, 0.15) is 22.4 Å². The molecule has 6 nitrogen and oxygen atoms in total. The Bertz CT molecular complexity index is 1030. The van der Waals surface area contributed by atoms with E-state index in [1.54, 1.807) is 37.6 Å². The molecule has 28 heavy (non-hydrogen) atoms. The summed E-state index contributed by atoms with van der Waals surface area (Å²) in [4.78, 5) is 16.0. The van der Waals surface area contributed by atoms with Crippen LogP contribution in [0, 0.1) is 11.3 Å². The number of carbonyl (C=O) groups is 1. The molecule has 7 heteroatoms. The molecule has 1 aromatic heterocycles. The van der Waals surface area contributed by atoms with E-state index in [1.165, 1.54) is 18.4 Å². The van der Waals surface area contributed by atoms with Crippen LogP contribution in [0.2, 0.25) is 0 Å². The lowest BCUT2D eigenvalue weighted by Gasteiger charge is -2.03. The molecule has 0 saturated heterocycles. The Kier molecular flexibility index (Phi) is 6.04. The van der Waals surface area contributed by atoms with Crippen molar-refractivity contribution in [2.45, 2.75) is 0 Å². The molecule has 0 radical (unpaired) electrons. The van der Waals surface area contributed by atoms with Crippen LogP contribution in [-0.2, 0) is 4.74 Å². The number of anilines is 1. The highest BCUT2D eigenvalue weighted by molar-refractivity contribution is 7.11. The van der Waals surface area contributed by atoms with Gasteiger partial charge >= 0.3 is 5.97 Å². The van der Waals surface area contributed by atoms with E-state index in [0.717, 1.165) is 22.7 Å². The molecule has 0 spiro atoms. The second kappa shape index (κ2) is 8.84. The zero-order valence-corrected chi connectivity index (χ0v) is 16.1. The Morgan fingerprint density at radius 2 is 1.86 bits per heavy atom. The fraction of sp³-hybridized carbons (Fsp3) is 0.0952. The average Bonchev–Trinajstić information content (AvgIpc) is 3.24. The molecule has 0 unspecified atom stereocenters. The number of hydrogen-bond acceptors (Lipinski definition) is 7. The van der Waals surface area contributed by atoms with E-state index >= 15 is 0 Å². The van der Waals surface area contributed by atoms with E-state index in [1.807, 2.05) is 29.6 Å². The van der Waals surface area contributed by atoms with Gasteiger partial charge in [0.15, 0.2) is 0 Å². The van der Waals surface area contributed by atoms with Crippen LogP contribution in [0.5, 0.6) is 5.75 Å². The van der Waals surface area contributed by atoms with Crippen molar-refractivity contribution in [1.82, 2.24) is 4.98 Å². The number of thiazole rings is 1. The highest BCUT2D eigenvalue weighted by Crippen LogP contribution is 2.27. The fourth-order valence-electron chi connectivity index (χ4n) is 2.41. The lowest BCUT2D eigenvalue weighted by Crippen LogP contribution is -2.00. The molecule has 0 atom stereocenters. The Labute approximate surface area is 166 Å². The normalized spacial score (nSPS) is 10.8. The summed E-state index contributed by atoms with van der Waals surface area (Å²) in [7, 11) is 2.96. The molecule has 0 aliphatic carbocycles. The van der Waals surface area contributed by atoms with Crippen molar-refractivity contribution in [3.05, 3.63) is 70.7 Å². The number of allylic oxidation sites excluding steroid dienone is 1. The van der Waals surface area contributed by atoms with E-state index in [0.29, 0.717) is 16.1 Å².